The molecule has 0 atom stereocenters. The van der Waals surface area contributed by atoms with Crippen LogP contribution >= 0.6 is 0 Å². The summed E-state index contributed by atoms with van der Waals surface area (Å²) in [6, 6.07) is 18.8. The van der Waals surface area contributed by atoms with Crippen LogP contribution in [-0.4, -0.2) is 36.9 Å². The third-order valence-corrected chi connectivity index (χ3v) is 3.72. The molecular formula is C18H21N3. The van der Waals surface area contributed by atoms with Crippen molar-refractivity contribution in [1.29, 1.82) is 0 Å². The number of hydrogen-bond acceptors (Lipinski definition) is 2. The molecule has 21 heavy (non-hydrogen) atoms. The minimum atomic E-state index is 1.000. The molecule has 0 bridgehead atoms. The summed E-state index contributed by atoms with van der Waals surface area (Å²) >= 11 is 0. The zero-order valence-corrected chi connectivity index (χ0v) is 12.4. The number of benzene rings is 2. The van der Waals surface area contributed by atoms with Crippen molar-refractivity contribution in [2.75, 3.05) is 26.2 Å². The fraction of sp³-hybridized carbons (Fsp3) is 0.278. The Balaban J connectivity index is 1.96. The molecule has 3 rings (SSSR count). The molecule has 1 N–H and O–H groups in total. The fourth-order valence-corrected chi connectivity index (χ4v) is 2.52. The molecule has 0 aliphatic carbocycles. The van der Waals surface area contributed by atoms with Crippen LogP contribution in [0.4, 0.5) is 5.69 Å². The van der Waals surface area contributed by atoms with Crippen LogP contribution in [0.25, 0.3) is 0 Å². The minimum absolute atomic E-state index is 1.000. The van der Waals surface area contributed by atoms with Crippen molar-refractivity contribution in [3.05, 3.63) is 65.7 Å². The molecule has 3 nitrogen and oxygen atoms in total. The number of rotatable bonds is 2. The van der Waals surface area contributed by atoms with Gasteiger partial charge in [0.1, 0.15) is 5.84 Å². The van der Waals surface area contributed by atoms with Crippen LogP contribution in [-0.2, 0) is 0 Å². The molecule has 0 amide bonds. The van der Waals surface area contributed by atoms with E-state index in [1.165, 1.54) is 11.1 Å². The lowest BCUT2D eigenvalue weighted by molar-refractivity contribution is 0.358. The van der Waals surface area contributed by atoms with Gasteiger partial charge in [-0.25, -0.2) is 4.99 Å². The maximum atomic E-state index is 4.91. The van der Waals surface area contributed by atoms with E-state index in [0.717, 1.165) is 37.7 Å². The predicted octanol–water partition coefficient (Wildman–Crippen LogP) is 2.98. The third kappa shape index (κ3) is 3.50. The van der Waals surface area contributed by atoms with Crippen molar-refractivity contribution in [1.82, 2.24) is 10.2 Å². The molecule has 0 saturated carbocycles. The van der Waals surface area contributed by atoms with Crippen LogP contribution in [0.5, 0.6) is 0 Å². The Morgan fingerprint density at radius 3 is 2.29 bits per heavy atom. The van der Waals surface area contributed by atoms with E-state index in [9.17, 15) is 0 Å². The van der Waals surface area contributed by atoms with Gasteiger partial charge in [0.05, 0.1) is 5.69 Å². The summed E-state index contributed by atoms with van der Waals surface area (Å²) < 4.78 is 0. The van der Waals surface area contributed by atoms with Crippen molar-refractivity contribution >= 4 is 11.5 Å². The zero-order chi connectivity index (χ0) is 14.5. The highest BCUT2D eigenvalue weighted by Crippen LogP contribution is 2.17. The predicted molar refractivity (Wildman–Crippen MR) is 88.3 cm³/mol. The summed E-state index contributed by atoms with van der Waals surface area (Å²) in [6.07, 6.45) is 0. The molecule has 3 heteroatoms. The molecule has 2 aromatic carbocycles. The molecule has 1 aliphatic heterocycles. The Morgan fingerprint density at radius 1 is 0.952 bits per heavy atom. The largest absolute Gasteiger partial charge is 0.354 e. The van der Waals surface area contributed by atoms with Gasteiger partial charge in [-0.2, -0.15) is 0 Å². The second-order valence-electron chi connectivity index (χ2n) is 5.37. The summed E-state index contributed by atoms with van der Waals surface area (Å²) in [5, 5.41) is 3.40. The molecule has 0 unspecified atom stereocenters. The maximum Gasteiger partial charge on any atom is 0.136 e. The van der Waals surface area contributed by atoms with Gasteiger partial charge in [0.15, 0.2) is 0 Å². The average molecular weight is 279 g/mol. The van der Waals surface area contributed by atoms with E-state index in [-0.39, 0.29) is 0 Å². The fourth-order valence-electron chi connectivity index (χ4n) is 2.52. The lowest BCUT2D eigenvalue weighted by Gasteiger charge is -2.30. The van der Waals surface area contributed by atoms with E-state index in [2.05, 4.69) is 65.7 Å². The standard InChI is InChI=1S/C18H21N3/c1-15-7-9-17(10-8-15)20-18(16-5-3-2-4-6-16)21-13-11-19-12-14-21/h2-10,19H,11-14H2,1H3. The Morgan fingerprint density at radius 2 is 1.62 bits per heavy atom. The van der Waals surface area contributed by atoms with Gasteiger partial charge < -0.3 is 10.2 Å². The van der Waals surface area contributed by atoms with Gasteiger partial charge in [0.25, 0.3) is 0 Å². The highest BCUT2D eigenvalue weighted by atomic mass is 15.2. The summed E-state index contributed by atoms with van der Waals surface area (Å²) in [5.74, 6) is 1.07. The molecule has 2 aromatic rings. The van der Waals surface area contributed by atoms with Gasteiger partial charge in [-0.1, -0.05) is 48.0 Å². The second kappa shape index (κ2) is 6.55. The average Bonchev–Trinajstić information content (AvgIpc) is 2.56. The lowest BCUT2D eigenvalue weighted by atomic mass is 10.1. The SMILES string of the molecule is Cc1ccc(N=C(c2ccccc2)N2CCNCC2)cc1. The summed E-state index contributed by atoms with van der Waals surface area (Å²) in [4.78, 5) is 7.28. The van der Waals surface area contributed by atoms with Crippen molar-refractivity contribution in [2.24, 2.45) is 4.99 Å². The monoisotopic (exact) mass is 279 g/mol. The minimum Gasteiger partial charge on any atom is -0.354 e. The van der Waals surface area contributed by atoms with Crippen molar-refractivity contribution in [3.8, 4) is 0 Å². The molecule has 1 aliphatic rings. The first kappa shape index (κ1) is 13.8. The number of piperazine rings is 1. The van der Waals surface area contributed by atoms with Crippen LogP contribution < -0.4 is 5.32 Å². The number of nitrogens with zero attached hydrogens (tertiary/aromatic N) is 2. The molecule has 0 spiro atoms. The van der Waals surface area contributed by atoms with E-state index in [1.54, 1.807) is 0 Å². The molecule has 1 fully saturated rings. The quantitative estimate of drug-likeness (QED) is 0.676. The van der Waals surface area contributed by atoms with Gasteiger partial charge in [-0.15, -0.1) is 0 Å². The van der Waals surface area contributed by atoms with Crippen molar-refractivity contribution in [3.63, 3.8) is 0 Å². The van der Waals surface area contributed by atoms with Crippen LogP contribution in [0.2, 0.25) is 0 Å². The normalized spacial score (nSPS) is 16.0. The van der Waals surface area contributed by atoms with Crippen LogP contribution in [0.1, 0.15) is 11.1 Å². The molecule has 1 saturated heterocycles. The van der Waals surface area contributed by atoms with Crippen LogP contribution in [0.3, 0.4) is 0 Å². The first-order valence-electron chi connectivity index (χ1n) is 7.49. The maximum absolute atomic E-state index is 4.91. The Hall–Kier alpha value is -2.13. The van der Waals surface area contributed by atoms with Crippen molar-refractivity contribution in [2.45, 2.75) is 6.92 Å². The van der Waals surface area contributed by atoms with E-state index in [4.69, 9.17) is 4.99 Å². The van der Waals surface area contributed by atoms with Gasteiger partial charge in [0, 0.05) is 31.7 Å². The first-order valence-corrected chi connectivity index (χ1v) is 7.49. The Labute approximate surface area is 126 Å². The number of amidine groups is 1. The van der Waals surface area contributed by atoms with Gasteiger partial charge >= 0.3 is 0 Å². The first-order chi connectivity index (χ1) is 10.3. The highest BCUT2D eigenvalue weighted by molar-refractivity contribution is 6.00. The van der Waals surface area contributed by atoms with Gasteiger partial charge in [0.2, 0.25) is 0 Å². The van der Waals surface area contributed by atoms with Gasteiger partial charge in [-0.05, 0) is 19.1 Å². The number of aryl methyl sites for hydroxylation is 1. The number of hydrogen-bond donors (Lipinski definition) is 1. The molecule has 0 aromatic heterocycles. The van der Waals surface area contributed by atoms with Crippen molar-refractivity contribution < 1.29 is 0 Å². The molecular weight excluding hydrogens is 258 g/mol. The van der Waals surface area contributed by atoms with E-state index >= 15 is 0 Å². The highest BCUT2D eigenvalue weighted by Gasteiger charge is 2.16. The van der Waals surface area contributed by atoms with Gasteiger partial charge in [-0.3, -0.25) is 0 Å². The number of nitrogens with one attached hydrogen (secondary N) is 1. The molecule has 108 valence electrons. The van der Waals surface area contributed by atoms with E-state index in [1.807, 2.05) is 6.07 Å². The van der Waals surface area contributed by atoms with E-state index in [0.29, 0.717) is 0 Å². The third-order valence-electron chi connectivity index (χ3n) is 3.72. The van der Waals surface area contributed by atoms with Crippen LogP contribution in [0.15, 0.2) is 59.6 Å². The smallest absolute Gasteiger partial charge is 0.136 e. The Bertz CT molecular complexity index is 596. The molecule has 1 heterocycles. The summed E-state index contributed by atoms with van der Waals surface area (Å²) in [6.45, 7) is 6.13. The van der Waals surface area contributed by atoms with E-state index < -0.39 is 0 Å². The zero-order valence-electron chi connectivity index (χ0n) is 12.4. The Kier molecular flexibility index (Phi) is 4.31. The lowest BCUT2D eigenvalue weighted by Crippen LogP contribution is -2.46. The number of aliphatic imine (C=N–C) groups is 1. The van der Waals surface area contributed by atoms with Crippen LogP contribution in [0, 0.1) is 6.92 Å². The molecule has 0 radical (unpaired) electrons. The summed E-state index contributed by atoms with van der Waals surface area (Å²) in [5.41, 5.74) is 3.45. The summed E-state index contributed by atoms with van der Waals surface area (Å²) in [7, 11) is 0. The topological polar surface area (TPSA) is 27.6 Å². The second-order valence-corrected chi connectivity index (χ2v) is 5.37.